The number of piperidine rings is 1. The Balaban J connectivity index is 0.00000225. The average molecular weight is 372 g/mol. The van der Waals surface area contributed by atoms with E-state index < -0.39 is 0 Å². The Morgan fingerprint density at radius 2 is 2.08 bits per heavy atom. The number of hydrogen-bond donors (Lipinski definition) is 1. The van der Waals surface area contributed by atoms with E-state index in [1.165, 1.54) is 0 Å². The van der Waals surface area contributed by atoms with E-state index in [9.17, 15) is 4.79 Å². The minimum atomic E-state index is 0. The predicted molar refractivity (Wildman–Crippen MR) is 98.2 cm³/mol. The van der Waals surface area contributed by atoms with Gasteiger partial charge in [-0.1, -0.05) is 19.1 Å². The lowest BCUT2D eigenvalue weighted by Crippen LogP contribution is -2.49. The molecule has 142 valence electrons. The van der Waals surface area contributed by atoms with Gasteiger partial charge in [0.15, 0.2) is 5.69 Å². The zero-order valence-electron chi connectivity index (χ0n) is 15.4. The molecule has 1 atom stereocenters. The van der Waals surface area contributed by atoms with Crippen LogP contribution in [-0.2, 0) is 4.74 Å². The van der Waals surface area contributed by atoms with E-state index in [0.29, 0.717) is 37.4 Å². The molecule has 0 aromatic carbocycles. The van der Waals surface area contributed by atoms with Crippen LogP contribution in [0.15, 0.2) is 0 Å². The monoisotopic (exact) mass is 371 g/mol. The summed E-state index contributed by atoms with van der Waals surface area (Å²) in [6.45, 7) is 10.2. The first-order valence-electron chi connectivity index (χ1n) is 9.09. The first-order valence-corrected chi connectivity index (χ1v) is 9.09. The van der Waals surface area contributed by atoms with Gasteiger partial charge in [-0.3, -0.25) is 4.79 Å². The molecular formula is C17H30ClN5O2. The second kappa shape index (κ2) is 8.96. The lowest BCUT2D eigenvalue weighted by atomic mass is 10.0. The van der Waals surface area contributed by atoms with Gasteiger partial charge >= 0.3 is 0 Å². The number of nitrogens with zero attached hydrogens (tertiary/aromatic N) is 4. The summed E-state index contributed by atoms with van der Waals surface area (Å²) < 4.78 is 7.54. The quantitative estimate of drug-likeness (QED) is 0.874. The summed E-state index contributed by atoms with van der Waals surface area (Å²) >= 11 is 0. The van der Waals surface area contributed by atoms with E-state index in [2.05, 4.69) is 29.5 Å². The Morgan fingerprint density at radius 3 is 2.76 bits per heavy atom. The van der Waals surface area contributed by atoms with Crippen molar-refractivity contribution in [3.05, 3.63) is 11.4 Å². The van der Waals surface area contributed by atoms with Crippen molar-refractivity contribution in [2.24, 2.45) is 5.92 Å². The molecule has 1 unspecified atom stereocenters. The van der Waals surface area contributed by atoms with E-state index in [1.807, 2.05) is 16.5 Å². The van der Waals surface area contributed by atoms with Gasteiger partial charge in [0.1, 0.15) is 0 Å². The fraction of sp³-hybridized carbons (Fsp3) is 0.824. The molecule has 0 aliphatic carbocycles. The molecule has 1 aromatic rings. The van der Waals surface area contributed by atoms with Gasteiger partial charge in [-0.05, 0) is 45.2 Å². The average Bonchev–Trinajstić information content (AvgIpc) is 2.96. The van der Waals surface area contributed by atoms with Crippen LogP contribution in [0.5, 0.6) is 0 Å². The summed E-state index contributed by atoms with van der Waals surface area (Å²) in [4.78, 5) is 15.0. The van der Waals surface area contributed by atoms with Crippen molar-refractivity contribution in [3.63, 3.8) is 0 Å². The van der Waals surface area contributed by atoms with Gasteiger partial charge in [-0.15, -0.1) is 17.5 Å². The van der Waals surface area contributed by atoms with Gasteiger partial charge < -0.3 is 15.0 Å². The molecule has 0 radical (unpaired) electrons. The number of carbonyl (C=O) groups excluding carboxylic acids is 1. The van der Waals surface area contributed by atoms with Crippen LogP contribution in [0.25, 0.3) is 0 Å². The molecule has 0 spiro atoms. The van der Waals surface area contributed by atoms with E-state index >= 15 is 0 Å². The van der Waals surface area contributed by atoms with Gasteiger partial charge in [0.2, 0.25) is 0 Å². The number of carbonyl (C=O) groups is 1. The minimum Gasteiger partial charge on any atom is -0.377 e. The summed E-state index contributed by atoms with van der Waals surface area (Å²) in [6, 6.07) is 0.478. The fourth-order valence-corrected chi connectivity index (χ4v) is 3.73. The van der Waals surface area contributed by atoms with Crippen LogP contribution in [-0.4, -0.2) is 64.7 Å². The summed E-state index contributed by atoms with van der Waals surface area (Å²) in [5.74, 6) is 0.528. The molecule has 7 nitrogen and oxygen atoms in total. The Hall–Kier alpha value is -1.18. The Kier molecular flexibility index (Phi) is 7.22. The van der Waals surface area contributed by atoms with Crippen molar-refractivity contribution in [1.29, 1.82) is 0 Å². The molecule has 1 amide bonds. The second-order valence-corrected chi connectivity index (χ2v) is 7.31. The van der Waals surface area contributed by atoms with Gasteiger partial charge in [0.05, 0.1) is 31.0 Å². The standard InChI is InChI=1S/C17H29N5O2.ClH/c1-12(2)10-15-11-24-9-8-21(15)17(23)16-13(3)22(20-19-16)14-4-6-18-7-5-14;/h12,14-15,18H,4-11H2,1-3H3;1H. The third-order valence-corrected chi connectivity index (χ3v) is 5.02. The van der Waals surface area contributed by atoms with Gasteiger partial charge in [0.25, 0.3) is 5.91 Å². The number of aromatic nitrogens is 3. The van der Waals surface area contributed by atoms with Crippen molar-refractivity contribution in [2.75, 3.05) is 32.8 Å². The summed E-state index contributed by atoms with van der Waals surface area (Å²) in [6.07, 6.45) is 3.02. The SMILES string of the molecule is Cc1c(C(=O)N2CCOCC2CC(C)C)nnn1C1CCNCC1.Cl. The summed E-state index contributed by atoms with van der Waals surface area (Å²) in [7, 11) is 0. The van der Waals surface area contributed by atoms with Crippen molar-refractivity contribution in [3.8, 4) is 0 Å². The molecule has 2 aliphatic rings. The highest BCUT2D eigenvalue weighted by atomic mass is 35.5. The molecule has 2 fully saturated rings. The highest BCUT2D eigenvalue weighted by Crippen LogP contribution is 2.23. The predicted octanol–water partition coefficient (Wildman–Crippen LogP) is 1.82. The molecule has 3 rings (SSSR count). The maximum Gasteiger partial charge on any atom is 0.276 e. The lowest BCUT2D eigenvalue weighted by Gasteiger charge is -2.36. The maximum absolute atomic E-state index is 13.1. The van der Waals surface area contributed by atoms with Crippen molar-refractivity contribution in [2.45, 2.75) is 52.1 Å². The molecule has 2 aliphatic heterocycles. The van der Waals surface area contributed by atoms with Crippen molar-refractivity contribution >= 4 is 18.3 Å². The molecule has 3 heterocycles. The summed E-state index contributed by atoms with van der Waals surface area (Å²) in [5.41, 5.74) is 1.39. The van der Waals surface area contributed by atoms with Gasteiger partial charge in [-0.2, -0.15) is 0 Å². The highest BCUT2D eigenvalue weighted by molar-refractivity contribution is 5.93. The Bertz CT molecular complexity index is 571. The van der Waals surface area contributed by atoms with Crippen LogP contribution in [0.2, 0.25) is 0 Å². The first-order chi connectivity index (χ1) is 11.6. The molecule has 8 heteroatoms. The number of nitrogens with one attached hydrogen (secondary N) is 1. The molecule has 1 N–H and O–H groups in total. The highest BCUT2D eigenvalue weighted by Gasteiger charge is 2.32. The minimum absolute atomic E-state index is 0. The third-order valence-electron chi connectivity index (χ3n) is 5.02. The first kappa shape index (κ1) is 20.1. The molecule has 2 saturated heterocycles. The molecule has 1 aromatic heterocycles. The summed E-state index contributed by atoms with van der Waals surface area (Å²) in [5, 5.41) is 11.9. The number of morpholine rings is 1. The van der Waals surface area contributed by atoms with Gasteiger partial charge in [0, 0.05) is 6.54 Å². The van der Waals surface area contributed by atoms with Crippen LogP contribution in [0, 0.1) is 12.8 Å². The maximum atomic E-state index is 13.1. The van der Waals surface area contributed by atoms with Crippen LogP contribution < -0.4 is 5.32 Å². The van der Waals surface area contributed by atoms with E-state index in [4.69, 9.17) is 4.74 Å². The van der Waals surface area contributed by atoms with Gasteiger partial charge in [-0.25, -0.2) is 4.68 Å². The number of halogens is 1. The van der Waals surface area contributed by atoms with E-state index in [1.54, 1.807) is 0 Å². The van der Waals surface area contributed by atoms with Crippen LogP contribution in [0.4, 0.5) is 0 Å². The normalized spacial score (nSPS) is 22.1. The Morgan fingerprint density at radius 1 is 1.36 bits per heavy atom. The zero-order chi connectivity index (χ0) is 17.1. The smallest absolute Gasteiger partial charge is 0.276 e. The molecule has 25 heavy (non-hydrogen) atoms. The molecular weight excluding hydrogens is 342 g/mol. The number of amides is 1. The Labute approximate surface area is 155 Å². The number of rotatable bonds is 4. The van der Waals surface area contributed by atoms with E-state index in [0.717, 1.165) is 38.0 Å². The third kappa shape index (κ3) is 4.51. The second-order valence-electron chi connectivity index (χ2n) is 7.31. The van der Waals surface area contributed by atoms with Crippen molar-refractivity contribution in [1.82, 2.24) is 25.2 Å². The molecule has 0 saturated carbocycles. The lowest BCUT2D eigenvalue weighted by molar-refractivity contribution is -0.00781. The van der Waals surface area contributed by atoms with E-state index in [-0.39, 0.29) is 24.4 Å². The zero-order valence-corrected chi connectivity index (χ0v) is 16.2. The van der Waals surface area contributed by atoms with Crippen LogP contribution >= 0.6 is 12.4 Å². The van der Waals surface area contributed by atoms with Crippen LogP contribution in [0.1, 0.15) is 55.3 Å². The number of ether oxygens (including phenoxy) is 1. The number of hydrogen-bond acceptors (Lipinski definition) is 5. The molecule has 0 bridgehead atoms. The fourth-order valence-electron chi connectivity index (χ4n) is 3.73. The topological polar surface area (TPSA) is 72.3 Å². The van der Waals surface area contributed by atoms with Crippen LogP contribution in [0.3, 0.4) is 0 Å². The largest absolute Gasteiger partial charge is 0.377 e. The van der Waals surface area contributed by atoms with Crippen molar-refractivity contribution < 1.29 is 9.53 Å².